The molecule has 100 valence electrons. The second kappa shape index (κ2) is 6.77. The normalized spacial score (nSPS) is 14.0. The largest absolute Gasteiger partial charge is 0.395 e. The lowest BCUT2D eigenvalue weighted by atomic mass is 10.2. The van der Waals surface area contributed by atoms with E-state index in [1.54, 1.807) is 0 Å². The molecule has 2 unspecified atom stereocenters. The Balaban J connectivity index is 2.93. The summed E-state index contributed by atoms with van der Waals surface area (Å²) < 4.78 is 0. The lowest BCUT2D eigenvalue weighted by molar-refractivity contribution is -0.384. The zero-order valence-electron chi connectivity index (χ0n) is 9.96. The zero-order chi connectivity index (χ0) is 13.7. The number of rotatable bonds is 6. The number of hydrogen-bond donors (Lipinski definition) is 2. The summed E-state index contributed by atoms with van der Waals surface area (Å²) in [6, 6.07) is 1.09. The van der Waals surface area contributed by atoms with E-state index in [0.29, 0.717) is 0 Å². The fraction of sp³-hybridized carbons (Fsp3) is 0.500. The molecule has 0 amide bonds. The highest BCUT2D eigenvalue weighted by Gasteiger charge is 2.21. The first-order valence-corrected chi connectivity index (χ1v) is 6.86. The van der Waals surface area contributed by atoms with E-state index in [0.717, 1.165) is 0 Å². The molecule has 0 spiro atoms. The number of aromatic nitrogens is 1. The van der Waals surface area contributed by atoms with Crippen molar-refractivity contribution in [3.63, 3.8) is 0 Å². The van der Waals surface area contributed by atoms with Crippen molar-refractivity contribution in [1.82, 2.24) is 4.98 Å². The number of aliphatic hydroxyl groups excluding tert-OH is 1. The fourth-order valence-corrected chi connectivity index (χ4v) is 2.20. The molecular formula is C10H14ClN3O3S. The average molecular weight is 292 g/mol. The lowest BCUT2D eigenvalue weighted by Crippen LogP contribution is -2.31. The van der Waals surface area contributed by atoms with Crippen LogP contribution in [0.5, 0.6) is 0 Å². The summed E-state index contributed by atoms with van der Waals surface area (Å²) in [6.07, 6.45) is 3.21. The van der Waals surface area contributed by atoms with Crippen LogP contribution >= 0.6 is 23.4 Å². The third kappa shape index (κ3) is 3.72. The molecule has 0 saturated heterocycles. The number of aliphatic hydroxyl groups is 1. The highest BCUT2D eigenvalue weighted by atomic mass is 35.5. The van der Waals surface area contributed by atoms with Gasteiger partial charge in [0.05, 0.1) is 16.6 Å². The van der Waals surface area contributed by atoms with Crippen molar-refractivity contribution in [2.45, 2.75) is 18.2 Å². The van der Waals surface area contributed by atoms with Gasteiger partial charge in [0.1, 0.15) is 0 Å². The van der Waals surface area contributed by atoms with E-state index < -0.39 is 4.92 Å². The van der Waals surface area contributed by atoms with Gasteiger partial charge in [-0.1, -0.05) is 11.6 Å². The zero-order valence-corrected chi connectivity index (χ0v) is 11.5. The number of hydrogen-bond acceptors (Lipinski definition) is 6. The van der Waals surface area contributed by atoms with Gasteiger partial charge in [-0.25, -0.2) is 4.98 Å². The predicted octanol–water partition coefficient (Wildman–Crippen LogP) is 2.17. The molecule has 1 heterocycles. The minimum absolute atomic E-state index is 0.0171. The molecule has 8 heteroatoms. The van der Waals surface area contributed by atoms with Crippen LogP contribution in [0.4, 0.5) is 11.5 Å². The molecule has 1 aromatic heterocycles. The Hall–Kier alpha value is -1.05. The van der Waals surface area contributed by atoms with E-state index in [1.807, 2.05) is 13.2 Å². The quantitative estimate of drug-likeness (QED) is 0.617. The number of halogens is 1. The molecule has 0 saturated carbocycles. The highest BCUT2D eigenvalue weighted by Crippen LogP contribution is 2.26. The molecule has 2 N–H and O–H groups in total. The maximum Gasteiger partial charge on any atom is 0.312 e. The van der Waals surface area contributed by atoms with Crippen molar-refractivity contribution in [2.24, 2.45) is 0 Å². The van der Waals surface area contributed by atoms with Crippen molar-refractivity contribution >= 4 is 34.9 Å². The van der Waals surface area contributed by atoms with Gasteiger partial charge in [-0.15, -0.1) is 0 Å². The van der Waals surface area contributed by atoms with Gasteiger partial charge in [0.2, 0.25) is 5.82 Å². The summed E-state index contributed by atoms with van der Waals surface area (Å²) in [7, 11) is 0. The van der Waals surface area contributed by atoms with Crippen molar-refractivity contribution in [2.75, 3.05) is 18.2 Å². The van der Waals surface area contributed by atoms with Gasteiger partial charge in [-0.3, -0.25) is 10.1 Å². The van der Waals surface area contributed by atoms with E-state index in [-0.39, 0.29) is 34.4 Å². The molecule has 0 aliphatic carbocycles. The summed E-state index contributed by atoms with van der Waals surface area (Å²) in [5, 5.41) is 23.1. The van der Waals surface area contributed by atoms with E-state index >= 15 is 0 Å². The molecule has 1 aromatic rings. The van der Waals surface area contributed by atoms with E-state index in [4.69, 9.17) is 16.7 Å². The van der Waals surface area contributed by atoms with Crippen molar-refractivity contribution in [1.29, 1.82) is 0 Å². The van der Waals surface area contributed by atoms with E-state index in [2.05, 4.69) is 10.3 Å². The first kappa shape index (κ1) is 15.0. The number of nitrogens with one attached hydrogen (secondary N) is 1. The topological polar surface area (TPSA) is 88.3 Å². The number of nitro groups is 1. The maximum absolute atomic E-state index is 10.9. The van der Waals surface area contributed by atoms with Crippen molar-refractivity contribution in [3.05, 3.63) is 27.4 Å². The number of thioether (sulfide) groups is 1. The Morgan fingerprint density at radius 2 is 2.39 bits per heavy atom. The second-order valence-corrected chi connectivity index (χ2v) is 5.18. The predicted molar refractivity (Wildman–Crippen MR) is 73.4 cm³/mol. The molecule has 0 radical (unpaired) electrons. The van der Waals surface area contributed by atoms with Gasteiger partial charge < -0.3 is 10.4 Å². The third-order valence-corrected chi connectivity index (χ3v) is 3.81. The monoisotopic (exact) mass is 291 g/mol. The van der Waals surface area contributed by atoms with Crippen LogP contribution in [-0.4, -0.2) is 39.2 Å². The van der Waals surface area contributed by atoms with E-state index in [1.165, 1.54) is 24.0 Å². The van der Waals surface area contributed by atoms with Gasteiger partial charge in [-0.05, 0) is 13.2 Å². The van der Waals surface area contributed by atoms with Crippen molar-refractivity contribution < 1.29 is 10.0 Å². The minimum atomic E-state index is -0.541. The summed E-state index contributed by atoms with van der Waals surface area (Å²) >= 11 is 7.15. The maximum atomic E-state index is 10.9. The van der Waals surface area contributed by atoms with Crippen LogP contribution in [0.15, 0.2) is 12.3 Å². The first-order chi connectivity index (χ1) is 8.49. The Kier molecular flexibility index (Phi) is 5.64. The van der Waals surface area contributed by atoms with E-state index in [9.17, 15) is 10.1 Å². The van der Waals surface area contributed by atoms with Gasteiger partial charge in [0, 0.05) is 23.6 Å². The molecular weight excluding hydrogens is 278 g/mol. The SMILES string of the molecule is CSC(CO)C(C)Nc1ncc(Cl)cc1[N+](=O)[O-]. The standard InChI is InChI=1S/C10H14ClN3O3S/c1-6(9(5-15)18-2)13-10-8(14(16)17)3-7(11)4-12-10/h3-4,6,9,15H,5H2,1-2H3,(H,12,13). The number of nitrogens with zero attached hydrogens (tertiary/aromatic N) is 2. The highest BCUT2D eigenvalue weighted by molar-refractivity contribution is 7.99. The number of anilines is 1. The Bertz CT molecular complexity index is 429. The Labute approximate surface area is 114 Å². The van der Waals surface area contributed by atoms with Crippen LogP contribution < -0.4 is 5.32 Å². The van der Waals surface area contributed by atoms with Gasteiger partial charge in [0.15, 0.2) is 0 Å². The first-order valence-electron chi connectivity index (χ1n) is 5.19. The van der Waals surface area contributed by atoms with Crippen LogP contribution in [-0.2, 0) is 0 Å². The number of pyridine rings is 1. The van der Waals surface area contributed by atoms with Gasteiger partial charge in [0.25, 0.3) is 0 Å². The summed E-state index contributed by atoms with van der Waals surface area (Å²) in [6.45, 7) is 1.81. The van der Waals surface area contributed by atoms with Crippen LogP contribution in [0.1, 0.15) is 6.92 Å². The van der Waals surface area contributed by atoms with Crippen LogP contribution in [0.25, 0.3) is 0 Å². The molecule has 0 fully saturated rings. The smallest absolute Gasteiger partial charge is 0.312 e. The van der Waals surface area contributed by atoms with Crippen LogP contribution in [0.2, 0.25) is 5.02 Å². The molecule has 18 heavy (non-hydrogen) atoms. The molecule has 0 aromatic carbocycles. The van der Waals surface area contributed by atoms with Crippen molar-refractivity contribution in [3.8, 4) is 0 Å². The molecule has 2 atom stereocenters. The molecule has 0 aliphatic rings. The molecule has 0 bridgehead atoms. The summed E-state index contributed by atoms with van der Waals surface area (Å²) in [4.78, 5) is 14.3. The third-order valence-electron chi connectivity index (χ3n) is 2.44. The second-order valence-electron chi connectivity index (χ2n) is 3.67. The average Bonchev–Trinajstić information content (AvgIpc) is 2.32. The molecule has 6 nitrogen and oxygen atoms in total. The molecule has 0 aliphatic heterocycles. The Morgan fingerprint density at radius 1 is 1.72 bits per heavy atom. The van der Waals surface area contributed by atoms with Crippen LogP contribution in [0.3, 0.4) is 0 Å². The summed E-state index contributed by atoms with van der Waals surface area (Å²) in [5.41, 5.74) is -0.174. The van der Waals surface area contributed by atoms with Gasteiger partial charge >= 0.3 is 5.69 Å². The fourth-order valence-electron chi connectivity index (χ4n) is 1.42. The summed E-state index contributed by atoms with van der Waals surface area (Å²) in [5.74, 6) is 0.157. The minimum Gasteiger partial charge on any atom is -0.395 e. The lowest BCUT2D eigenvalue weighted by Gasteiger charge is -2.21. The van der Waals surface area contributed by atoms with Crippen LogP contribution in [0, 0.1) is 10.1 Å². The Morgan fingerprint density at radius 3 is 2.89 bits per heavy atom. The van der Waals surface area contributed by atoms with Gasteiger partial charge in [-0.2, -0.15) is 11.8 Å². The molecule has 1 rings (SSSR count).